The topological polar surface area (TPSA) is 102 Å². The second-order valence-corrected chi connectivity index (χ2v) is 7.16. The van der Waals surface area contributed by atoms with Crippen LogP contribution in [-0.2, 0) is 14.8 Å². The minimum absolute atomic E-state index is 0.0325. The number of non-ortho nitro benzene ring substituents is 1. The molecule has 0 amide bonds. The first-order chi connectivity index (χ1) is 12.0. The van der Waals surface area contributed by atoms with Crippen LogP contribution in [-0.4, -0.2) is 39.6 Å². The molecule has 0 unspecified atom stereocenters. The molecule has 0 saturated carbocycles. The van der Waals surface area contributed by atoms with Crippen LogP contribution in [0.1, 0.15) is 0 Å². The SMILES string of the molecule is O=[N+]([O-])c1ccc(S(=O)(=O)Nc2ccccc2N2CCOCC2)cc1. The largest absolute Gasteiger partial charge is 0.378 e. The quantitative estimate of drug-likeness (QED) is 0.646. The Balaban J connectivity index is 1.87. The first-order valence-electron chi connectivity index (χ1n) is 7.66. The Morgan fingerprint density at radius 3 is 2.32 bits per heavy atom. The molecule has 1 saturated heterocycles. The number of benzene rings is 2. The molecule has 0 spiro atoms. The molecule has 1 N–H and O–H groups in total. The van der Waals surface area contributed by atoms with E-state index >= 15 is 0 Å². The number of rotatable bonds is 5. The summed E-state index contributed by atoms with van der Waals surface area (Å²) in [6, 6.07) is 11.9. The van der Waals surface area contributed by atoms with Gasteiger partial charge in [0.2, 0.25) is 0 Å². The van der Waals surface area contributed by atoms with Gasteiger partial charge in [-0.25, -0.2) is 8.42 Å². The lowest BCUT2D eigenvalue weighted by Gasteiger charge is -2.30. The molecular weight excluding hydrogens is 346 g/mol. The van der Waals surface area contributed by atoms with Gasteiger partial charge in [0.15, 0.2) is 0 Å². The van der Waals surface area contributed by atoms with Crippen LogP contribution in [0.4, 0.5) is 17.1 Å². The van der Waals surface area contributed by atoms with E-state index in [1.54, 1.807) is 12.1 Å². The van der Waals surface area contributed by atoms with E-state index in [1.807, 2.05) is 12.1 Å². The molecule has 2 aromatic rings. The highest BCUT2D eigenvalue weighted by Gasteiger charge is 2.20. The summed E-state index contributed by atoms with van der Waals surface area (Å²) in [6.45, 7) is 2.53. The van der Waals surface area contributed by atoms with Gasteiger partial charge < -0.3 is 9.64 Å². The highest BCUT2D eigenvalue weighted by atomic mass is 32.2. The number of hydrogen-bond acceptors (Lipinski definition) is 6. The molecule has 3 rings (SSSR count). The number of nitro benzene ring substituents is 1. The molecule has 0 aliphatic carbocycles. The van der Waals surface area contributed by atoms with Crippen LogP contribution < -0.4 is 9.62 Å². The Labute approximate surface area is 145 Å². The van der Waals surface area contributed by atoms with Gasteiger partial charge in [-0.05, 0) is 24.3 Å². The van der Waals surface area contributed by atoms with Crippen molar-refractivity contribution in [1.82, 2.24) is 0 Å². The third-order valence-electron chi connectivity index (χ3n) is 3.86. The van der Waals surface area contributed by atoms with E-state index in [0.717, 1.165) is 5.69 Å². The van der Waals surface area contributed by atoms with E-state index in [9.17, 15) is 18.5 Å². The number of nitrogens with zero attached hydrogens (tertiary/aromatic N) is 2. The van der Waals surface area contributed by atoms with E-state index in [0.29, 0.717) is 32.0 Å². The normalized spacial score (nSPS) is 15.0. The van der Waals surface area contributed by atoms with Crippen LogP contribution in [0.15, 0.2) is 53.4 Å². The van der Waals surface area contributed by atoms with Crippen molar-refractivity contribution in [2.24, 2.45) is 0 Å². The van der Waals surface area contributed by atoms with E-state index in [-0.39, 0.29) is 10.6 Å². The van der Waals surface area contributed by atoms with Gasteiger partial charge in [-0.15, -0.1) is 0 Å². The molecule has 1 aliphatic heterocycles. The van der Waals surface area contributed by atoms with Gasteiger partial charge in [0.1, 0.15) is 0 Å². The lowest BCUT2D eigenvalue weighted by atomic mass is 10.2. The fourth-order valence-electron chi connectivity index (χ4n) is 2.59. The number of para-hydroxylation sites is 2. The average Bonchev–Trinajstić information content (AvgIpc) is 2.63. The summed E-state index contributed by atoms with van der Waals surface area (Å²) < 4.78 is 33.1. The van der Waals surface area contributed by atoms with Crippen molar-refractivity contribution in [3.8, 4) is 0 Å². The van der Waals surface area contributed by atoms with E-state index in [4.69, 9.17) is 4.74 Å². The summed E-state index contributed by atoms with van der Waals surface area (Å²) in [6.07, 6.45) is 0. The van der Waals surface area contributed by atoms with E-state index in [1.165, 1.54) is 24.3 Å². The summed E-state index contributed by atoms with van der Waals surface area (Å²) in [7, 11) is -3.85. The van der Waals surface area contributed by atoms with Crippen molar-refractivity contribution in [3.63, 3.8) is 0 Å². The fraction of sp³-hybridized carbons (Fsp3) is 0.250. The van der Waals surface area contributed by atoms with Gasteiger partial charge in [0.25, 0.3) is 15.7 Å². The average molecular weight is 363 g/mol. The van der Waals surface area contributed by atoms with Crippen LogP contribution in [0.2, 0.25) is 0 Å². The lowest BCUT2D eigenvalue weighted by molar-refractivity contribution is -0.384. The Bertz CT molecular complexity index is 862. The van der Waals surface area contributed by atoms with Crippen molar-refractivity contribution < 1.29 is 18.1 Å². The maximum absolute atomic E-state index is 12.6. The molecule has 0 atom stereocenters. The number of nitro groups is 1. The summed E-state index contributed by atoms with van der Waals surface area (Å²) in [5, 5.41) is 10.7. The van der Waals surface area contributed by atoms with Crippen molar-refractivity contribution in [3.05, 3.63) is 58.6 Å². The first kappa shape index (κ1) is 17.2. The van der Waals surface area contributed by atoms with Crippen LogP contribution >= 0.6 is 0 Å². The summed E-state index contributed by atoms with van der Waals surface area (Å²) in [4.78, 5) is 12.1. The highest BCUT2D eigenvalue weighted by molar-refractivity contribution is 7.92. The monoisotopic (exact) mass is 363 g/mol. The molecule has 2 aromatic carbocycles. The zero-order chi connectivity index (χ0) is 17.9. The molecule has 25 heavy (non-hydrogen) atoms. The maximum Gasteiger partial charge on any atom is 0.269 e. The van der Waals surface area contributed by atoms with Gasteiger partial charge in [-0.2, -0.15) is 0 Å². The van der Waals surface area contributed by atoms with Crippen molar-refractivity contribution in [1.29, 1.82) is 0 Å². The molecule has 1 aliphatic rings. The predicted octanol–water partition coefficient (Wildman–Crippen LogP) is 2.23. The molecular formula is C16H17N3O5S. The standard InChI is InChI=1S/C16H17N3O5S/c20-19(21)13-5-7-14(8-6-13)25(22,23)17-15-3-1-2-4-16(15)18-9-11-24-12-10-18/h1-8,17H,9-12H2. The molecule has 8 nitrogen and oxygen atoms in total. The minimum Gasteiger partial charge on any atom is -0.378 e. The summed E-state index contributed by atoms with van der Waals surface area (Å²) in [5.41, 5.74) is 1.08. The number of ether oxygens (including phenoxy) is 1. The van der Waals surface area contributed by atoms with Gasteiger partial charge in [-0.3, -0.25) is 14.8 Å². The number of hydrogen-bond donors (Lipinski definition) is 1. The second kappa shape index (κ2) is 7.08. The lowest BCUT2D eigenvalue weighted by Crippen LogP contribution is -2.36. The molecule has 0 radical (unpaired) electrons. The molecule has 1 heterocycles. The third kappa shape index (κ3) is 3.89. The number of morpholine rings is 1. The van der Waals surface area contributed by atoms with Crippen molar-refractivity contribution in [2.45, 2.75) is 4.90 Å². The zero-order valence-electron chi connectivity index (χ0n) is 13.3. The van der Waals surface area contributed by atoms with Crippen LogP contribution in [0.5, 0.6) is 0 Å². The smallest absolute Gasteiger partial charge is 0.269 e. The maximum atomic E-state index is 12.6. The Hall–Kier alpha value is -2.65. The van der Waals surface area contributed by atoms with Crippen LogP contribution in [0, 0.1) is 10.1 Å². The van der Waals surface area contributed by atoms with Crippen LogP contribution in [0.25, 0.3) is 0 Å². The van der Waals surface area contributed by atoms with Gasteiger partial charge >= 0.3 is 0 Å². The number of anilines is 2. The molecule has 0 bridgehead atoms. The first-order valence-corrected chi connectivity index (χ1v) is 9.15. The fourth-order valence-corrected chi connectivity index (χ4v) is 3.67. The Morgan fingerprint density at radius 1 is 1.04 bits per heavy atom. The van der Waals surface area contributed by atoms with Crippen LogP contribution in [0.3, 0.4) is 0 Å². The third-order valence-corrected chi connectivity index (χ3v) is 5.24. The molecule has 9 heteroatoms. The highest BCUT2D eigenvalue weighted by Crippen LogP contribution is 2.29. The molecule has 132 valence electrons. The predicted molar refractivity (Wildman–Crippen MR) is 93.4 cm³/mol. The van der Waals surface area contributed by atoms with E-state index < -0.39 is 14.9 Å². The second-order valence-electron chi connectivity index (χ2n) is 5.47. The summed E-state index contributed by atoms with van der Waals surface area (Å²) in [5.74, 6) is 0. The molecule has 0 aromatic heterocycles. The Morgan fingerprint density at radius 2 is 1.68 bits per heavy atom. The Kier molecular flexibility index (Phi) is 4.86. The van der Waals surface area contributed by atoms with Gasteiger partial charge in [0.05, 0.1) is 34.4 Å². The minimum atomic E-state index is -3.85. The zero-order valence-corrected chi connectivity index (χ0v) is 14.1. The molecule has 1 fully saturated rings. The van der Waals surface area contributed by atoms with Crippen molar-refractivity contribution in [2.75, 3.05) is 35.9 Å². The number of sulfonamides is 1. The van der Waals surface area contributed by atoms with Gasteiger partial charge in [0, 0.05) is 25.2 Å². The van der Waals surface area contributed by atoms with Gasteiger partial charge in [-0.1, -0.05) is 12.1 Å². The van der Waals surface area contributed by atoms with E-state index in [2.05, 4.69) is 9.62 Å². The number of nitrogens with one attached hydrogen (secondary N) is 1. The summed E-state index contributed by atoms with van der Waals surface area (Å²) >= 11 is 0. The van der Waals surface area contributed by atoms with Crippen molar-refractivity contribution >= 4 is 27.1 Å².